The summed E-state index contributed by atoms with van der Waals surface area (Å²) in [6.45, 7) is 1.15. The Morgan fingerprint density at radius 1 is 0.875 bits per heavy atom. The fourth-order valence-corrected chi connectivity index (χ4v) is 0.805. The molecule has 0 aromatic rings. The molecular formula is C8H8O8. The highest BCUT2D eigenvalue weighted by Gasteiger charge is 2.32. The minimum Gasteiger partial charge on any atom is -0.477 e. The Morgan fingerprint density at radius 3 is 1.50 bits per heavy atom. The molecule has 0 amide bonds. The number of carbonyl (C=O) groups excluding carboxylic acids is 1. The number of hydrogen-bond donors (Lipinski definition) is 3. The zero-order valence-electron chi connectivity index (χ0n) is 8.09. The number of hydrogen-bond acceptors (Lipinski definition) is 5. The highest BCUT2D eigenvalue weighted by Crippen LogP contribution is 2.08. The van der Waals surface area contributed by atoms with Crippen LogP contribution in [0, 0.1) is 0 Å². The molecule has 0 radical (unpaired) electrons. The maximum absolute atomic E-state index is 11.0. The van der Waals surface area contributed by atoms with Crippen molar-refractivity contribution in [1.29, 1.82) is 0 Å². The predicted octanol–water partition coefficient (Wildman–Crippen LogP) is -0.900. The van der Waals surface area contributed by atoms with Gasteiger partial charge in [0.1, 0.15) is 0 Å². The Morgan fingerprint density at radius 2 is 1.25 bits per heavy atom. The normalized spacial score (nSPS) is 9.06. The van der Waals surface area contributed by atoms with Crippen molar-refractivity contribution >= 4 is 23.9 Å². The molecule has 0 saturated carbocycles. The number of rotatable bonds is 5. The van der Waals surface area contributed by atoms with E-state index in [1.807, 2.05) is 0 Å². The molecule has 3 N–H and O–H groups in total. The van der Waals surface area contributed by atoms with Crippen LogP contribution in [0.1, 0.15) is 6.92 Å². The molecule has 8 heteroatoms. The van der Waals surface area contributed by atoms with Crippen molar-refractivity contribution in [2.45, 2.75) is 6.92 Å². The van der Waals surface area contributed by atoms with E-state index in [4.69, 9.17) is 15.3 Å². The second-order valence-corrected chi connectivity index (χ2v) is 2.39. The van der Waals surface area contributed by atoms with Gasteiger partial charge in [0.15, 0.2) is 11.1 Å². The van der Waals surface area contributed by atoms with Crippen LogP contribution in [0.3, 0.4) is 0 Å². The molecule has 0 heterocycles. The van der Waals surface area contributed by atoms with Crippen molar-refractivity contribution in [3.8, 4) is 0 Å². The van der Waals surface area contributed by atoms with E-state index in [1.54, 1.807) is 0 Å². The van der Waals surface area contributed by atoms with Crippen molar-refractivity contribution in [3.05, 3.63) is 11.1 Å². The van der Waals surface area contributed by atoms with E-state index in [0.717, 1.165) is 0 Å². The van der Waals surface area contributed by atoms with E-state index in [9.17, 15) is 19.2 Å². The molecule has 0 rings (SSSR count). The Balaban J connectivity index is 5.69. The van der Waals surface area contributed by atoms with Crippen LogP contribution in [-0.4, -0.2) is 45.8 Å². The van der Waals surface area contributed by atoms with Crippen molar-refractivity contribution in [2.24, 2.45) is 0 Å². The Kier molecular flexibility index (Phi) is 4.67. The molecule has 0 aliphatic heterocycles. The fraction of sp³-hybridized carbons (Fsp3) is 0.250. The average molecular weight is 232 g/mol. The molecular weight excluding hydrogens is 224 g/mol. The standard InChI is InChI=1S/C8H8O8/c1-2-16-8(15)4(7(13)14)3(5(9)10)6(11)12/h2H2,1H3,(H,9,10)(H,11,12)(H,13,14). The van der Waals surface area contributed by atoms with Crippen LogP contribution >= 0.6 is 0 Å². The Labute approximate surface area is 88.7 Å². The largest absolute Gasteiger partial charge is 0.477 e. The lowest BCUT2D eigenvalue weighted by Crippen LogP contribution is -2.24. The van der Waals surface area contributed by atoms with Gasteiger partial charge in [-0.2, -0.15) is 0 Å². The first-order chi connectivity index (χ1) is 7.32. The van der Waals surface area contributed by atoms with Crippen molar-refractivity contribution < 1.29 is 39.2 Å². The number of esters is 1. The smallest absolute Gasteiger partial charge is 0.346 e. The summed E-state index contributed by atoms with van der Waals surface area (Å²) in [5.74, 6) is -7.54. The molecule has 0 aliphatic carbocycles. The number of carboxylic acids is 3. The number of aliphatic carboxylic acids is 3. The van der Waals surface area contributed by atoms with Gasteiger partial charge in [0.25, 0.3) is 0 Å². The summed E-state index contributed by atoms with van der Waals surface area (Å²) in [6, 6.07) is 0. The Hall–Kier alpha value is -2.38. The maximum Gasteiger partial charge on any atom is 0.346 e. The van der Waals surface area contributed by atoms with Crippen molar-refractivity contribution in [3.63, 3.8) is 0 Å². The molecule has 0 bridgehead atoms. The van der Waals surface area contributed by atoms with Gasteiger partial charge in [-0.25, -0.2) is 19.2 Å². The van der Waals surface area contributed by atoms with Gasteiger partial charge in [-0.3, -0.25) is 0 Å². The summed E-state index contributed by atoms with van der Waals surface area (Å²) in [5.41, 5.74) is -2.95. The van der Waals surface area contributed by atoms with Crippen LogP contribution in [0.4, 0.5) is 0 Å². The lowest BCUT2D eigenvalue weighted by Gasteiger charge is -2.04. The van der Waals surface area contributed by atoms with Gasteiger partial charge in [-0.05, 0) is 6.92 Å². The summed E-state index contributed by atoms with van der Waals surface area (Å²) >= 11 is 0. The van der Waals surface area contributed by atoms with Gasteiger partial charge >= 0.3 is 23.9 Å². The molecule has 8 nitrogen and oxygen atoms in total. The fourth-order valence-electron chi connectivity index (χ4n) is 0.805. The van der Waals surface area contributed by atoms with Crippen LogP contribution in [-0.2, 0) is 23.9 Å². The van der Waals surface area contributed by atoms with E-state index in [1.165, 1.54) is 6.92 Å². The van der Waals surface area contributed by atoms with Crippen LogP contribution in [0.15, 0.2) is 11.1 Å². The quantitative estimate of drug-likeness (QED) is 0.240. The van der Waals surface area contributed by atoms with Crippen molar-refractivity contribution in [2.75, 3.05) is 6.61 Å². The molecule has 16 heavy (non-hydrogen) atoms. The molecule has 0 atom stereocenters. The minimum atomic E-state index is -2.03. The molecule has 0 aromatic carbocycles. The van der Waals surface area contributed by atoms with Crippen LogP contribution in [0.2, 0.25) is 0 Å². The first kappa shape index (κ1) is 13.6. The third-order valence-corrected chi connectivity index (χ3v) is 1.37. The molecule has 0 saturated heterocycles. The lowest BCUT2D eigenvalue weighted by atomic mass is 10.1. The predicted molar refractivity (Wildman–Crippen MR) is 46.6 cm³/mol. The van der Waals surface area contributed by atoms with E-state index >= 15 is 0 Å². The van der Waals surface area contributed by atoms with Crippen LogP contribution < -0.4 is 0 Å². The van der Waals surface area contributed by atoms with Crippen molar-refractivity contribution in [1.82, 2.24) is 0 Å². The highest BCUT2D eigenvalue weighted by atomic mass is 16.5. The summed E-state index contributed by atoms with van der Waals surface area (Å²) < 4.78 is 4.24. The topological polar surface area (TPSA) is 138 Å². The summed E-state index contributed by atoms with van der Waals surface area (Å²) in [6.07, 6.45) is 0. The van der Waals surface area contributed by atoms with E-state index in [2.05, 4.69) is 4.74 Å². The van der Waals surface area contributed by atoms with Crippen LogP contribution in [0.5, 0.6) is 0 Å². The first-order valence-corrected chi connectivity index (χ1v) is 3.94. The number of carboxylic acid groups (broad SMARTS) is 3. The second kappa shape index (κ2) is 5.49. The van der Waals surface area contributed by atoms with Gasteiger partial charge in [-0.1, -0.05) is 0 Å². The maximum atomic E-state index is 11.0. The van der Waals surface area contributed by atoms with Gasteiger partial charge in [0.05, 0.1) is 6.61 Å². The zero-order chi connectivity index (χ0) is 12.9. The summed E-state index contributed by atoms with van der Waals surface area (Å²) in [7, 11) is 0. The number of ether oxygens (including phenoxy) is 1. The highest BCUT2D eigenvalue weighted by molar-refractivity contribution is 6.26. The average Bonchev–Trinajstić information content (AvgIpc) is 2.11. The molecule has 0 fully saturated rings. The van der Waals surface area contributed by atoms with Gasteiger partial charge in [0.2, 0.25) is 0 Å². The first-order valence-electron chi connectivity index (χ1n) is 3.94. The molecule has 0 aromatic heterocycles. The summed E-state index contributed by atoms with van der Waals surface area (Å²) in [5, 5.41) is 25.5. The minimum absolute atomic E-state index is 0.206. The molecule has 88 valence electrons. The zero-order valence-corrected chi connectivity index (χ0v) is 8.09. The molecule has 0 spiro atoms. The van der Waals surface area contributed by atoms with Gasteiger partial charge in [0, 0.05) is 0 Å². The van der Waals surface area contributed by atoms with E-state index < -0.39 is 35.0 Å². The van der Waals surface area contributed by atoms with E-state index in [0.29, 0.717) is 0 Å². The van der Waals surface area contributed by atoms with Crippen LogP contribution in [0.25, 0.3) is 0 Å². The van der Waals surface area contributed by atoms with Gasteiger partial charge < -0.3 is 20.1 Å². The second-order valence-electron chi connectivity index (χ2n) is 2.39. The monoisotopic (exact) mass is 232 g/mol. The third kappa shape index (κ3) is 3.08. The van der Waals surface area contributed by atoms with E-state index in [-0.39, 0.29) is 6.61 Å². The lowest BCUT2D eigenvalue weighted by molar-refractivity contribution is -0.148. The molecule has 0 unspecified atom stereocenters. The molecule has 0 aliphatic rings. The summed E-state index contributed by atoms with van der Waals surface area (Å²) in [4.78, 5) is 42.6. The SMILES string of the molecule is CCOC(=O)C(C(=O)O)=C(C(=O)O)C(=O)O. The number of carbonyl (C=O) groups is 4. The van der Waals surface area contributed by atoms with Gasteiger partial charge in [-0.15, -0.1) is 0 Å². The third-order valence-electron chi connectivity index (χ3n) is 1.37. The Bertz CT molecular complexity index is 361.